The summed E-state index contributed by atoms with van der Waals surface area (Å²) in [5, 5.41) is 0. The molecule has 1 rings (SSSR count). The molecule has 0 aromatic rings. The highest BCUT2D eigenvalue weighted by Crippen LogP contribution is 2.13. The van der Waals surface area contributed by atoms with E-state index >= 15 is 0 Å². The van der Waals surface area contributed by atoms with E-state index in [9.17, 15) is 0 Å². The molecule has 1 atom stereocenters. The van der Waals surface area contributed by atoms with Crippen LogP contribution in [0.2, 0.25) is 0 Å². The molecule has 0 aromatic carbocycles. The highest BCUT2D eigenvalue weighted by molar-refractivity contribution is 5.75. The maximum absolute atomic E-state index is 5.35. The average Bonchev–Trinajstić information content (AvgIpc) is 2.18. The first-order valence-corrected chi connectivity index (χ1v) is 5.48. The zero-order valence-electron chi connectivity index (χ0n) is 9.65. The van der Waals surface area contributed by atoms with Crippen LogP contribution in [-0.4, -0.2) is 49.7 Å². The molecule has 0 amide bonds. The van der Waals surface area contributed by atoms with Crippen LogP contribution in [0.1, 0.15) is 13.8 Å². The predicted octanol–water partition coefficient (Wildman–Crippen LogP) is -0.383. The molecule has 5 heteroatoms. The van der Waals surface area contributed by atoms with Crippen LogP contribution in [-0.2, 0) is 4.74 Å². The molecule has 1 aliphatic heterocycles. The monoisotopic (exact) mass is 214 g/mol. The van der Waals surface area contributed by atoms with Gasteiger partial charge in [-0.15, -0.1) is 0 Å². The largest absolute Gasteiger partial charge is 0.379 e. The molecule has 0 bridgehead atoms. The number of morpholine rings is 1. The van der Waals surface area contributed by atoms with Crippen molar-refractivity contribution >= 4 is 5.96 Å². The van der Waals surface area contributed by atoms with Gasteiger partial charge in [0.25, 0.3) is 0 Å². The second-order valence-corrected chi connectivity index (χ2v) is 4.23. The summed E-state index contributed by atoms with van der Waals surface area (Å²) in [6.45, 7) is 8.65. The van der Waals surface area contributed by atoms with E-state index in [0.29, 0.717) is 18.5 Å². The second kappa shape index (κ2) is 5.92. The Kier molecular flexibility index (Phi) is 4.84. The zero-order valence-corrected chi connectivity index (χ0v) is 9.65. The van der Waals surface area contributed by atoms with Gasteiger partial charge in [-0.1, -0.05) is 13.8 Å². The SMILES string of the molecule is CC(C)C(CN=C(N)N)N1CCOCC1. The number of ether oxygens (including phenoxy) is 1. The van der Waals surface area contributed by atoms with Gasteiger partial charge in [-0.3, -0.25) is 9.89 Å². The summed E-state index contributed by atoms with van der Waals surface area (Å²) in [7, 11) is 0. The van der Waals surface area contributed by atoms with Crippen molar-refractivity contribution in [1.82, 2.24) is 4.90 Å². The highest BCUT2D eigenvalue weighted by Gasteiger charge is 2.23. The molecule has 1 fully saturated rings. The van der Waals surface area contributed by atoms with Crippen LogP contribution in [0.25, 0.3) is 0 Å². The van der Waals surface area contributed by atoms with Crippen LogP contribution in [0.3, 0.4) is 0 Å². The molecule has 0 saturated carbocycles. The normalized spacial score (nSPS) is 20.2. The summed E-state index contributed by atoms with van der Waals surface area (Å²) >= 11 is 0. The first-order valence-electron chi connectivity index (χ1n) is 5.48. The number of hydrogen-bond acceptors (Lipinski definition) is 3. The van der Waals surface area contributed by atoms with Crippen LogP contribution in [0.4, 0.5) is 0 Å². The molecule has 0 radical (unpaired) electrons. The van der Waals surface area contributed by atoms with E-state index in [-0.39, 0.29) is 5.96 Å². The van der Waals surface area contributed by atoms with E-state index in [1.807, 2.05) is 0 Å². The molecule has 0 aromatic heterocycles. The Labute approximate surface area is 91.5 Å². The van der Waals surface area contributed by atoms with Crippen LogP contribution >= 0.6 is 0 Å². The highest BCUT2D eigenvalue weighted by atomic mass is 16.5. The zero-order chi connectivity index (χ0) is 11.3. The molecule has 15 heavy (non-hydrogen) atoms. The minimum Gasteiger partial charge on any atom is -0.379 e. The lowest BCUT2D eigenvalue weighted by atomic mass is 10.0. The van der Waals surface area contributed by atoms with E-state index in [4.69, 9.17) is 16.2 Å². The number of nitrogens with zero attached hydrogens (tertiary/aromatic N) is 2. The Morgan fingerprint density at radius 1 is 1.33 bits per heavy atom. The van der Waals surface area contributed by atoms with Crippen molar-refractivity contribution in [3.05, 3.63) is 0 Å². The van der Waals surface area contributed by atoms with E-state index in [1.165, 1.54) is 0 Å². The lowest BCUT2D eigenvalue weighted by molar-refractivity contribution is 0.00869. The summed E-state index contributed by atoms with van der Waals surface area (Å²) in [6.07, 6.45) is 0. The standard InChI is InChI=1S/C10H22N4O/c1-8(2)9(7-13-10(11)12)14-3-5-15-6-4-14/h8-9H,3-7H2,1-2H3,(H4,11,12,13). The lowest BCUT2D eigenvalue weighted by Crippen LogP contribution is -2.47. The third-order valence-corrected chi connectivity index (χ3v) is 2.75. The molecule has 1 unspecified atom stereocenters. The summed E-state index contributed by atoms with van der Waals surface area (Å²) in [5.74, 6) is 0.722. The molecular formula is C10H22N4O. The smallest absolute Gasteiger partial charge is 0.185 e. The molecule has 88 valence electrons. The third kappa shape index (κ3) is 4.05. The van der Waals surface area contributed by atoms with Gasteiger partial charge in [-0.05, 0) is 5.92 Å². The van der Waals surface area contributed by atoms with Gasteiger partial charge >= 0.3 is 0 Å². The van der Waals surface area contributed by atoms with Gasteiger partial charge in [0.1, 0.15) is 0 Å². The molecule has 0 aliphatic carbocycles. The quantitative estimate of drug-likeness (QED) is 0.494. The minimum atomic E-state index is 0.175. The van der Waals surface area contributed by atoms with Crippen molar-refractivity contribution in [3.8, 4) is 0 Å². The Bertz CT molecular complexity index is 207. The van der Waals surface area contributed by atoms with Crippen molar-refractivity contribution in [1.29, 1.82) is 0 Å². The van der Waals surface area contributed by atoms with Crippen LogP contribution < -0.4 is 11.5 Å². The van der Waals surface area contributed by atoms with Gasteiger partial charge in [0.15, 0.2) is 5.96 Å². The Balaban J connectivity index is 2.52. The first-order chi connectivity index (χ1) is 7.11. The number of nitrogens with two attached hydrogens (primary N) is 2. The number of hydrogen-bond donors (Lipinski definition) is 2. The van der Waals surface area contributed by atoms with Gasteiger partial charge in [0, 0.05) is 19.1 Å². The van der Waals surface area contributed by atoms with Crippen molar-refractivity contribution in [3.63, 3.8) is 0 Å². The minimum absolute atomic E-state index is 0.175. The fourth-order valence-electron chi connectivity index (χ4n) is 1.86. The number of aliphatic imine (C=N–C) groups is 1. The Hall–Kier alpha value is -0.810. The summed E-state index contributed by atoms with van der Waals surface area (Å²) < 4.78 is 5.33. The molecule has 0 spiro atoms. The van der Waals surface area contributed by atoms with Gasteiger partial charge in [0.2, 0.25) is 0 Å². The van der Waals surface area contributed by atoms with Gasteiger partial charge in [0.05, 0.1) is 19.8 Å². The van der Waals surface area contributed by atoms with E-state index < -0.39 is 0 Å². The van der Waals surface area contributed by atoms with Gasteiger partial charge in [-0.2, -0.15) is 0 Å². The fraction of sp³-hybridized carbons (Fsp3) is 0.900. The van der Waals surface area contributed by atoms with Crippen LogP contribution in [0.15, 0.2) is 4.99 Å². The average molecular weight is 214 g/mol. The summed E-state index contributed by atoms with van der Waals surface area (Å²) in [5.41, 5.74) is 10.7. The van der Waals surface area contributed by atoms with Crippen molar-refractivity contribution in [2.45, 2.75) is 19.9 Å². The Morgan fingerprint density at radius 2 is 1.93 bits per heavy atom. The fourth-order valence-corrected chi connectivity index (χ4v) is 1.86. The first kappa shape index (κ1) is 12.3. The van der Waals surface area contributed by atoms with Crippen LogP contribution in [0, 0.1) is 5.92 Å². The molecule has 5 nitrogen and oxygen atoms in total. The molecule has 1 heterocycles. The predicted molar refractivity (Wildman–Crippen MR) is 61.7 cm³/mol. The van der Waals surface area contributed by atoms with Crippen LogP contribution in [0.5, 0.6) is 0 Å². The second-order valence-electron chi connectivity index (χ2n) is 4.23. The molecular weight excluding hydrogens is 192 g/mol. The lowest BCUT2D eigenvalue weighted by Gasteiger charge is -2.35. The number of guanidine groups is 1. The molecule has 1 saturated heterocycles. The van der Waals surface area contributed by atoms with E-state index in [2.05, 4.69) is 23.7 Å². The maximum Gasteiger partial charge on any atom is 0.185 e. The molecule has 4 N–H and O–H groups in total. The van der Waals surface area contributed by atoms with E-state index in [0.717, 1.165) is 26.3 Å². The van der Waals surface area contributed by atoms with Gasteiger partial charge in [-0.25, -0.2) is 0 Å². The number of rotatable bonds is 4. The van der Waals surface area contributed by atoms with Gasteiger partial charge < -0.3 is 16.2 Å². The third-order valence-electron chi connectivity index (χ3n) is 2.75. The topological polar surface area (TPSA) is 76.9 Å². The summed E-state index contributed by atoms with van der Waals surface area (Å²) in [4.78, 5) is 6.51. The maximum atomic E-state index is 5.35. The van der Waals surface area contributed by atoms with Crippen molar-refractivity contribution in [2.24, 2.45) is 22.4 Å². The summed E-state index contributed by atoms with van der Waals surface area (Å²) in [6, 6.07) is 0.413. The van der Waals surface area contributed by atoms with Crippen molar-refractivity contribution < 1.29 is 4.74 Å². The Morgan fingerprint density at radius 3 is 2.40 bits per heavy atom. The van der Waals surface area contributed by atoms with Crippen molar-refractivity contribution in [2.75, 3.05) is 32.8 Å². The molecule has 1 aliphatic rings. The van der Waals surface area contributed by atoms with E-state index in [1.54, 1.807) is 0 Å².